The summed E-state index contributed by atoms with van der Waals surface area (Å²) in [5.41, 5.74) is 5.26. The molecule has 0 saturated heterocycles. The zero-order valence-electron chi connectivity index (χ0n) is 9.33. The maximum Gasteiger partial charge on any atom is 0.326 e. The number of aliphatic carboxylic acids is 2. The van der Waals surface area contributed by atoms with Crippen molar-refractivity contribution >= 4 is 36.3 Å². The minimum Gasteiger partial charge on any atom is -0.481 e. The van der Waals surface area contributed by atoms with E-state index in [1.165, 1.54) is 0 Å². The quantitative estimate of drug-likeness (QED) is 0.261. The number of amides is 1. The Morgan fingerprint density at radius 2 is 1.78 bits per heavy atom. The standard InChI is InChI=1S/C9H14N2O6S/c10-4(3-18)7(14)8(15)11-5(9(16)17)1-2-6(12)13/h4-5,18H,1-3,10H2,(H,11,15)(H,12,13)(H,16,17)/t4-,5+/m1/s1. The van der Waals surface area contributed by atoms with E-state index in [2.05, 4.69) is 12.6 Å². The molecule has 0 fully saturated rings. The van der Waals surface area contributed by atoms with E-state index in [1.807, 2.05) is 5.32 Å². The van der Waals surface area contributed by atoms with Gasteiger partial charge in [-0.3, -0.25) is 14.4 Å². The Bertz CT molecular complexity index is 359. The zero-order valence-corrected chi connectivity index (χ0v) is 10.2. The van der Waals surface area contributed by atoms with Crippen molar-refractivity contribution in [3.63, 3.8) is 0 Å². The van der Waals surface area contributed by atoms with Crippen molar-refractivity contribution in [1.82, 2.24) is 5.32 Å². The summed E-state index contributed by atoms with van der Waals surface area (Å²) in [4.78, 5) is 43.6. The van der Waals surface area contributed by atoms with Gasteiger partial charge in [0.25, 0.3) is 5.91 Å². The highest BCUT2D eigenvalue weighted by Gasteiger charge is 2.26. The van der Waals surface area contributed by atoms with Crippen LogP contribution in [0.1, 0.15) is 12.8 Å². The molecule has 0 aromatic heterocycles. The highest BCUT2D eigenvalue weighted by Crippen LogP contribution is 1.99. The summed E-state index contributed by atoms with van der Waals surface area (Å²) in [5.74, 6) is -4.83. The van der Waals surface area contributed by atoms with Gasteiger partial charge in [0.15, 0.2) is 0 Å². The van der Waals surface area contributed by atoms with E-state index in [0.717, 1.165) is 0 Å². The predicted molar refractivity (Wildman–Crippen MR) is 63.3 cm³/mol. The van der Waals surface area contributed by atoms with Gasteiger partial charge in [0.05, 0.1) is 6.04 Å². The van der Waals surface area contributed by atoms with Crippen LogP contribution < -0.4 is 11.1 Å². The van der Waals surface area contributed by atoms with Crippen LogP contribution in [-0.4, -0.2) is 51.7 Å². The Morgan fingerprint density at radius 3 is 2.17 bits per heavy atom. The molecule has 0 aromatic rings. The number of nitrogens with one attached hydrogen (secondary N) is 1. The summed E-state index contributed by atoms with van der Waals surface area (Å²) >= 11 is 3.73. The second kappa shape index (κ2) is 7.67. The second-order valence-corrected chi connectivity index (χ2v) is 3.82. The zero-order chi connectivity index (χ0) is 14.3. The van der Waals surface area contributed by atoms with E-state index in [1.54, 1.807) is 0 Å². The van der Waals surface area contributed by atoms with Crippen LogP contribution in [0.2, 0.25) is 0 Å². The molecule has 0 saturated carbocycles. The molecule has 0 bridgehead atoms. The van der Waals surface area contributed by atoms with Crippen molar-refractivity contribution in [2.24, 2.45) is 5.73 Å². The normalized spacial score (nSPS) is 13.4. The first-order valence-corrected chi connectivity index (χ1v) is 5.58. The van der Waals surface area contributed by atoms with E-state index in [-0.39, 0.29) is 12.2 Å². The van der Waals surface area contributed by atoms with Crippen molar-refractivity contribution in [3.05, 3.63) is 0 Å². The summed E-state index contributed by atoms with van der Waals surface area (Å²) in [6.45, 7) is 0. The number of thiol groups is 1. The minimum absolute atomic E-state index is 0.0564. The Morgan fingerprint density at radius 1 is 1.22 bits per heavy atom. The van der Waals surface area contributed by atoms with Crippen molar-refractivity contribution in [1.29, 1.82) is 0 Å². The molecule has 0 radical (unpaired) electrons. The molecule has 0 spiro atoms. The molecule has 2 atom stereocenters. The minimum atomic E-state index is -1.44. The van der Waals surface area contributed by atoms with Crippen LogP contribution in [0.3, 0.4) is 0 Å². The molecule has 18 heavy (non-hydrogen) atoms. The molecule has 1 amide bonds. The lowest BCUT2D eigenvalue weighted by Crippen LogP contribution is -2.49. The molecule has 8 nitrogen and oxygen atoms in total. The van der Waals surface area contributed by atoms with Crippen LogP contribution in [0.15, 0.2) is 0 Å². The summed E-state index contributed by atoms with van der Waals surface area (Å²) < 4.78 is 0. The molecule has 0 aliphatic rings. The fourth-order valence-electron chi connectivity index (χ4n) is 1.01. The van der Waals surface area contributed by atoms with Crippen LogP contribution in [0.5, 0.6) is 0 Å². The van der Waals surface area contributed by atoms with Crippen LogP contribution in [0.25, 0.3) is 0 Å². The molecule has 0 aliphatic heterocycles. The van der Waals surface area contributed by atoms with Crippen LogP contribution in [0.4, 0.5) is 0 Å². The highest BCUT2D eigenvalue weighted by atomic mass is 32.1. The maximum absolute atomic E-state index is 11.3. The van der Waals surface area contributed by atoms with Crippen LogP contribution >= 0.6 is 12.6 Å². The average molecular weight is 278 g/mol. The molecule has 0 heterocycles. The molecule has 0 aliphatic carbocycles. The predicted octanol–water partition coefficient (Wildman–Crippen LogP) is -1.75. The largest absolute Gasteiger partial charge is 0.481 e. The van der Waals surface area contributed by atoms with Crippen molar-refractivity contribution in [3.8, 4) is 0 Å². The average Bonchev–Trinajstić information content (AvgIpc) is 2.31. The molecular formula is C9H14N2O6S. The van der Waals surface area contributed by atoms with E-state index in [4.69, 9.17) is 15.9 Å². The molecule has 0 rings (SSSR count). The van der Waals surface area contributed by atoms with E-state index >= 15 is 0 Å². The van der Waals surface area contributed by atoms with Gasteiger partial charge in [-0.15, -0.1) is 0 Å². The summed E-state index contributed by atoms with van der Waals surface area (Å²) in [7, 11) is 0. The lowest BCUT2D eigenvalue weighted by atomic mass is 10.1. The molecule has 102 valence electrons. The summed E-state index contributed by atoms with van der Waals surface area (Å²) in [5, 5.41) is 19.1. The Kier molecular flexibility index (Phi) is 6.98. The van der Waals surface area contributed by atoms with Gasteiger partial charge in [0, 0.05) is 12.2 Å². The third kappa shape index (κ3) is 5.64. The van der Waals surface area contributed by atoms with Crippen molar-refractivity contribution in [2.45, 2.75) is 24.9 Å². The van der Waals surface area contributed by atoms with Crippen LogP contribution in [-0.2, 0) is 19.2 Å². The SMILES string of the molecule is N[C@H](CS)C(=O)C(=O)N[C@@H](CCC(=O)O)C(=O)O. The number of ketones is 1. The van der Waals surface area contributed by atoms with E-state index in [0.29, 0.717) is 0 Å². The number of hydrogen-bond donors (Lipinski definition) is 5. The maximum atomic E-state index is 11.3. The number of carbonyl (C=O) groups is 4. The molecule has 5 N–H and O–H groups in total. The van der Waals surface area contributed by atoms with E-state index in [9.17, 15) is 19.2 Å². The Labute approximate surface area is 108 Å². The Balaban J connectivity index is 4.50. The lowest BCUT2D eigenvalue weighted by Gasteiger charge is -2.14. The Hall–Kier alpha value is -1.61. The number of carboxylic acids is 2. The number of carboxylic acid groups (broad SMARTS) is 2. The second-order valence-electron chi connectivity index (χ2n) is 3.45. The van der Waals surface area contributed by atoms with Crippen molar-refractivity contribution in [2.75, 3.05) is 5.75 Å². The smallest absolute Gasteiger partial charge is 0.326 e. The number of nitrogens with two attached hydrogens (primary N) is 1. The fraction of sp³-hybridized carbons (Fsp3) is 0.556. The summed E-state index contributed by atoms with van der Waals surface area (Å²) in [6.07, 6.45) is -0.760. The first kappa shape index (κ1) is 16.4. The highest BCUT2D eigenvalue weighted by molar-refractivity contribution is 7.80. The van der Waals surface area contributed by atoms with Crippen molar-refractivity contribution < 1.29 is 29.4 Å². The molecular weight excluding hydrogens is 264 g/mol. The van der Waals surface area contributed by atoms with Gasteiger partial charge in [-0.2, -0.15) is 12.6 Å². The first-order chi connectivity index (χ1) is 8.29. The van der Waals surface area contributed by atoms with Gasteiger partial charge in [0.1, 0.15) is 6.04 Å². The topological polar surface area (TPSA) is 147 Å². The molecule has 0 aromatic carbocycles. The van der Waals surface area contributed by atoms with Gasteiger partial charge >= 0.3 is 11.9 Å². The van der Waals surface area contributed by atoms with Crippen LogP contribution in [0, 0.1) is 0 Å². The lowest BCUT2D eigenvalue weighted by molar-refractivity contribution is -0.145. The third-order valence-corrected chi connectivity index (χ3v) is 2.40. The number of carbonyl (C=O) groups excluding carboxylic acids is 2. The first-order valence-electron chi connectivity index (χ1n) is 4.95. The summed E-state index contributed by atoms with van der Waals surface area (Å²) in [6, 6.07) is -2.56. The third-order valence-electron chi connectivity index (χ3n) is 2.01. The molecule has 9 heteroatoms. The van der Waals surface area contributed by atoms with E-state index < -0.39 is 42.1 Å². The monoisotopic (exact) mass is 278 g/mol. The fourth-order valence-corrected chi connectivity index (χ4v) is 1.17. The van der Waals surface area contributed by atoms with Gasteiger partial charge in [0.2, 0.25) is 5.78 Å². The van der Waals surface area contributed by atoms with Gasteiger partial charge < -0.3 is 21.3 Å². The van der Waals surface area contributed by atoms with Gasteiger partial charge in [-0.25, -0.2) is 4.79 Å². The number of hydrogen-bond acceptors (Lipinski definition) is 6. The number of rotatable bonds is 8. The van der Waals surface area contributed by atoms with Gasteiger partial charge in [-0.1, -0.05) is 0 Å². The molecule has 0 unspecified atom stereocenters. The van der Waals surface area contributed by atoms with Gasteiger partial charge in [-0.05, 0) is 6.42 Å². The number of Topliss-reactive ketones (excluding diaryl/α,β-unsaturated/α-hetero) is 1.